The Balaban J connectivity index is 2.08. The number of thiazole rings is 1. The van der Waals surface area contributed by atoms with Gasteiger partial charge in [-0.1, -0.05) is 24.3 Å². The van der Waals surface area contributed by atoms with Crippen LogP contribution in [0, 0.1) is 13.8 Å². The number of aryl methyl sites for hydroxylation is 2. The fourth-order valence-electron chi connectivity index (χ4n) is 2.10. The molecule has 0 spiro atoms. The highest BCUT2D eigenvalue weighted by Crippen LogP contribution is 2.15. The summed E-state index contributed by atoms with van der Waals surface area (Å²) in [6, 6.07) is 7.32. The summed E-state index contributed by atoms with van der Waals surface area (Å²) in [5.41, 5.74) is 2.32. The lowest BCUT2D eigenvalue weighted by atomic mass is 10.1. The molecule has 1 aromatic carbocycles. The molecule has 6 heteroatoms. The summed E-state index contributed by atoms with van der Waals surface area (Å²) in [5.74, 6) is -0.461. The molecule has 0 unspecified atom stereocenters. The number of hydrogen-bond donors (Lipinski definition) is 1. The second kappa shape index (κ2) is 7.69. The van der Waals surface area contributed by atoms with Crippen LogP contribution in [0.2, 0.25) is 0 Å². The van der Waals surface area contributed by atoms with Crippen LogP contribution < -0.4 is 5.32 Å². The fourth-order valence-corrected chi connectivity index (χ4v) is 2.81. The van der Waals surface area contributed by atoms with Crippen molar-refractivity contribution in [3.8, 4) is 0 Å². The van der Waals surface area contributed by atoms with E-state index in [4.69, 9.17) is 0 Å². The van der Waals surface area contributed by atoms with Gasteiger partial charge in [0.15, 0.2) is 5.13 Å². The molecule has 0 saturated heterocycles. The maximum atomic E-state index is 12.6. The molecule has 2 amide bonds. The van der Waals surface area contributed by atoms with E-state index in [2.05, 4.69) is 16.9 Å². The number of anilines is 1. The van der Waals surface area contributed by atoms with E-state index in [-0.39, 0.29) is 18.4 Å². The van der Waals surface area contributed by atoms with Gasteiger partial charge in [0.05, 0.1) is 5.69 Å². The molecule has 0 aliphatic rings. The summed E-state index contributed by atoms with van der Waals surface area (Å²) in [7, 11) is 0. The van der Waals surface area contributed by atoms with Gasteiger partial charge in [-0.3, -0.25) is 9.59 Å². The normalized spacial score (nSPS) is 10.2. The third-order valence-electron chi connectivity index (χ3n) is 3.21. The van der Waals surface area contributed by atoms with Crippen LogP contribution in [0.15, 0.2) is 42.3 Å². The minimum Gasteiger partial charge on any atom is -0.326 e. The van der Waals surface area contributed by atoms with Gasteiger partial charge in [0.1, 0.15) is 6.54 Å². The van der Waals surface area contributed by atoms with Crippen molar-refractivity contribution >= 4 is 28.3 Å². The molecule has 2 rings (SSSR count). The van der Waals surface area contributed by atoms with E-state index in [0.717, 1.165) is 11.3 Å². The van der Waals surface area contributed by atoms with Crippen molar-refractivity contribution in [1.29, 1.82) is 0 Å². The molecule has 0 aliphatic carbocycles. The Morgan fingerprint density at radius 3 is 2.70 bits per heavy atom. The van der Waals surface area contributed by atoms with Gasteiger partial charge in [-0.25, -0.2) is 4.98 Å². The number of nitrogens with one attached hydrogen (secondary N) is 1. The lowest BCUT2D eigenvalue weighted by molar-refractivity contribution is -0.116. The topological polar surface area (TPSA) is 62.3 Å². The van der Waals surface area contributed by atoms with E-state index < -0.39 is 0 Å². The van der Waals surface area contributed by atoms with Gasteiger partial charge >= 0.3 is 0 Å². The third kappa shape index (κ3) is 4.50. The van der Waals surface area contributed by atoms with Crippen LogP contribution in [0.3, 0.4) is 0 Å². The highest BCUT2D eigenvalue weighted by atomic mass is 32.1. The van der Waals surface area contributed by atoms with Crippen molar-refractivity contribution in [3.05, 3.63) is 59.1 Å². The Morgan fingerprint density at radius 1 is 1.35 bits per heavy atom. The molecule has 1 aromatic heterocycles. The average Bonchev–Trinajstić information content (AvgIpc) is 2.91. The Hall–Kier alpha value is -2.47. The predicted octanol–water partition coefficient (Wildman–Crippen LogP) is 3.03. The van der Waals surface area contributed by atoms with E-state index in [1.54, 1.807) is 12.1 Å². The molecule has 5 nitrogen and oxygen atoms in total. The Labute approximate surface area is 139 Å². The fraction of sp³-hybridized carbons (Fsp3) is 0.235. The summed E-state index contributed by atoms with van der Waals surface area (Å²) in [4.78, 5) is 30.4. The molecule has 2 aromatic rings. The van der Waals surface area contributed by atoms with Crippen molar-refractivity contribution in [2.45, 2.75) is 13.8 Å². The van der Waals surface area contributed by atoms with E-state index >= 15 is 0 Å². The predicted molar refractivity (Wildman–Crippen MR) is 92.8 cm³/mol. The number of aromatic nitrogens is 1. The SMILES string of the molecule is C=CCN(CC(=O)Nc1nc(C)cs1)C(=O)c1ccccc1C. The first-order valence-corrected chi connectivity index (χ1v) is 8.07. The Bertz CT molecular complexity index is 724. The molecule has 0 saturated carbocycles. The number of amides is 2. The highest BCUT2D eigenvalue weighted by molar-refractivity contribution is 7.13. The summed E-state index contributed by atoms with van der Waals surface area (Å²) >= 11 is 1.36. The molecular weight excluding hydrogens is 310 g/mol. The zero-order valence-electron chi connectivity index (χ0n) is 13.2. The first-order chi connectivity index (χ1) is 11.0. The maximum Gasteiger partial charge on any atom is 0.254 e. The largest absolute Gasteiger partial charge is 0.326 e. The van der Waals surface area contributed by atoms with Crippen LogP contribution in [0.25, 0.3) is 0 Å². The Morgan fingerprint density at radius 2 is 2.09 bits per heavy atom. The first-order valence-electron chi connectivity index (χ1n) is 7.19. The van der Waals surface area contributed by atoms with Crippen LogP contribution in [0.4, 0.5) is 5.13 Å². The zero-order chi connectivity index (χ0) is 16.8. The highest BCUT2D eigenvalue weighted by Gasteiger charge is 2.19. The van der Waals surface area contributed by atoms with Crippen molar-refractivity contribution in [3.63, 3.8) is 0 Å². The van der Waals surface area contributed by atoms with Gasteiger partial charge < -0.3 is 10.2 Å². The summed E-state index contributed by atoms with van der Waals surface area (Å²) in [6.45, 7) is 7.65. The quantitative estimate of drug-likeness (QED) is 0.829. The van der Waals surface area contributed by atoms with Crippen LogP contribution >= 0.6 is 11.3 Å². The average molecular weight is 329 g/mol. The van der Waals surface area contributed by atoms with Crippen molar-refractivity contribution in [2.24, 2.45) is 0 Å². The van der Waals surface area contributed by atoms with Crippen LogP contribution in [-0.4, -0.2) is 34.8 Å². The smallest absolute Gasteiger partial charge is 0.254 e. The van der Waals surface area contributed by atoms with Crippen molar-refractivity contribution < 1.29 is 9.59 Å². The monoisotopic (exact) mass is 329 g/mol. The third-order valence-corrected chi connectivity index (χ3v) is 4.09. The van der Waals surface area contributed by atoms with Crippen molar-refractivity contribution in [2.75, 3.05) is 18.4 Å². The molecular formula is C17H19N3O2S. The second-order valence-electron chi connectivity index (χ2n) is 5.13. The number of carbonyl (C=O) groups excluding carboxylic acids is 2. The minimum absolute atomic E-state index is 0.0438. The molecule has 0 atom stereocenters. The molecule has 0 radical (unpaired) electrons. The molecule has 0 aliphatic heterocycles. The number of carbonyl (C=O) groups is 2. The van der Waals surface area contributed by atoms with E-state index in [9.17, 15) is 9.59 Å². The molecule has 0 fully saturated rings. The lowest BCUT2D eigenvalue weighted by Gasteiger charge is -2.21. The number of hydrogen-bond acceptors (Lipinski definition) is 4. The number of benzene rings is 1. The number of rotatable bonds is 6. The maximum absolute atomic E-state index is 12.6. The molecule has 23 heavy (non-hydrogen) atoms. The van der Waals surface area contributed by atoms with Crippen LogP contribution in [-0.2, 0) is 4.79 Å². The zero-order valence-corrected chi connectivity index (χ0v) is 14.0. The molecule has 120 valence electrons. The van der Waals surface area contributed by atoms with Gasteiger partial charge in [0.25, 0.3) is 5.91 Å². The molecule has 1 N–H and O–H groups in total. The second-order valence-corrected chi connectivity index (χ2v) is 5.99. The van der Waals surface area contributed by atoms with Gasteiger partial charge in [0.2, 0.25) is 5.91 Å². The van der Waals surface area contributed by atoms with E-state index in [1.807, 2.05) is 37.4 Å². The van der Waals surface area contributed by atoms with Gasteiger partial charge in [-0.05, 0) is 25.5 Å². The molecule has 0 bridgehead atoms. The van der Waals surface area contributed by atoms with Gasteiger partial charge in [0, 0.05) is 17.5 Å². The van der Waals surface area contributed by atoms with Gasteiger partial charge in [-0.15, -0.1) is 17.9 Å². The number of nitrogens with zero attached hydrogens (tertiary/aromatic N) is 2. The van der Waals surface area contributed by atoms with E-state index in [0.29, 0.717) is 17.2 Å². The van der Waals surface area contributed by atoms with Gasteiger partial charge in [-0.2, -0.15) is 0 Å². The lowest BCUT2D eigenvalue weighted by Crippen LogP contribution is -2.38. The standard InChI is InChI=1S/C17H19N3O2S/c1-4-9-20(16(22)14-8-6-5-7-12(14)2)10-15(21)19-17-18-13(3)11-23-17/h4-8,11H,1,9-10H2,2-3H3,(H,18,19,21). The summed E-state index contributed by atoms with van der Waals surface area (Å²) in [6.07, 6.45) is 1.61. The Kier molecular flexibility index (Phi) is 5.65. The first kappa shape index (κ1) is 16.9. The van der Waals surface area contributed by atoms with Crippen LogP contribution in [0.5, 0.6) is 0 Å². The summed E-state index contributed by atoms with van der Waals surface area (Å²) in [5, 5.41) is 5.11. The minimum atomic E-state index is -0.275. The van der Waals surface area contributed by atoms with Crippen LogP contribution in [0.1, 0.15) is 21.6 Å². The molecule has 1 heterocycles. The van der Waals surface area contributed by atoms with Crippen molar-refractivity contribution in [1.82, 2.24) is 9.88 Å². The van der Waals surface area contributed by atoms with E-state index in [1.165, 1.54) is 16.2 Å². The summed E-state index contributed by atoms with van der Waals surface area (Å²) < 4.78 is 0.